The monoisotopic (exact) mass is 338 g/mol. The van der Waals surface area contributed by atoms with Gasteiger partial charge in [-0.2, -0.15) is 0 Å². The van der Waals surface area contributed by atoms with Crippen molar-refractivity contribution < 1.29 is 0 Å². The summed E-state index contributed by atoms with van der Waals surface area (Å²) in [4.78, 5) is 0. The van der Waals surface area contributed by atoms with Gasteiger partial charge in [-0.3, -0.25) is 0 Å². The summed E-state index contributed by atoms with van der Waals surface area (Å²) in [5.41, 5.74) is 0. The minimum absolute atomic E-state index is 0.927. The van der Waals surface area contributed by atoms with Crippen molar-refractivity contribution >= 4 is 22.6 Å². The van der Waals surface area contributed by atoms with Crippen molar-refractivity contribution in [2.75, 3.05) is 0 Å². The maximum atomic E-state index is 2.64. The zero-order chi connectivity index (χ0) is 12.2. The van der Waals surface area contributed by atoms with Crippen molar-refractivity contribution in [2.24, 2.45) is 5.92 Å². The highest BCUT2D eigenvalue weighted by atomic mass is 127. The SMILES string of the molecule is CCCCC(CCC)CCCC(I)CCC. The second-order valence-electron chi connectivity index (χ2n) is 5.11. The predicted octanol–water partition coefficient (Wildman–Crippen LogP) is 6.37. The van der Waals surface area contributed by atoms with E-state index in [1.807, 2.05) is 0 Å². The van der Waals surface area contributed by atoms with E-state index in [0.29, 0.717) is 0 Å². The maximum absolute atomic E-state index is 2.64. The molecule has 2 unspecified atom stereocenters. The summed E-state index contributed by atoms with van der Waals surface area (Å²) >= 11 is 2.64. The molecule has 0 bridgehead atoms. The highest BCUT2D eigenvalue weighted by Gasteiger charge is 2.09. The molecular weight excluding hydrogens is 307 g/mol. The van der Waals surface area contributed by atoms with E-state index in [2.05, 4.69) is 43.4 Å². The Hall–Kier alpha value is 0.730. The minimum atomic E-state index is 0.927. The standard InChI is InChI=1S/C15H31I/c1-4-7-11-14(9-5-2)12-8-13-15(16)10-6-3/h14-15H,4-13H2,1-3H3. The van der Waals surface area contributed by atoms with Gasteiger partial charge in [-0.05, 0) is 18.8 Å². The molecule has 0 spiro atoms. The Balaban J connectivity index is 3.57. The third kappa shape index (κ3) is 9.92. The number of rotatable bonds is 11. The highest BCUT2D eigenvalue weighted by molar-refractivity contribution is 14.1. The van der Waals surface area contributed by atoms with Crippen LogP contribution in [0.15, 0.2) is 0 Å². The Labute approximate surface area is 117 Å². The lowest BCUT2D eigenvalue weighted by Gasteiger charge is -2.16. The number of hydrogen-bond acceptors (Lipinski definition) is 0. The van der Waals surface area contributed by atoms with E-state index in [1.54, 1.807) is 0 Å². The molecular formula is C15H31I. The van der Waals surface area contributed by atoms with Crippen LogP contribution in [-0.4, -0.2) is 3.92 Å². The molecule has 0 radical (unpaired) electrons. The van der Waals surface area contributed by atoms with E-state index >= 15 is 0 Å². The Morgan fingerprint density at radius 1 is 0.688 bits per heavy atom. The fourth-order valence-corrected chi connectivity index (χ4v) is 3.48. The van der Waals surface area contributed by atoms with Gasteiger partial charge < -0.3 is 0 Å². The number of hydrogen-bond donors (Lipinski definition) is 0. The highest BCUT2D eigenvalue weighted by Crippen LogP contribution is 2.24. The smallest absolute Gasteiger partial charge is 0.0109 e. The van der Waals surface area contributed by atoms with Gasteiger partial charge in [0.05, 0.1) is 0 Å². The first-order valence-corrected chi connectivity index (χ1v) is 8.63. The summed E-state index contributed by atoms with van der Waals surface area (Å²) in [7, 11) is 0. The minimum Gasteiger partial charge on any atom is -0.0826 e. The molecule has 16 heavy (non-hydrogen) atoms. The van der Waals surface area contributed by atoms with Crippen molar-refractivity contribution in [3.8, 4) is 0 Å². The van der Waals surface area contributed by atoms with Crippen LogP contribution in [0.5, 0.6) is 0 Å². The van der Waals surface area contributed by atoms with Gasteiger partial charge in [0.1, 0.15) is 0 Å². The normalized spacial score (nSPS) is 15.0. The number of unbranched alkanes of at least 4 members (excludes halogenated alkanes) is 1. The molecule has 1 heteroatoms. The first-order valence-electron chi connectivity index (χ1n) is 7.38. The van der Waals surface area contributed by atoms with Gasteiger partial charge in [-0.15, -0.1) is 0 Å². The Kier molecular flexibility index (Phi) is 12.8. The van der Waals surface area contributed by atoms with Gasteiger partial charge in [0.25, 0.3) is 0 Å². The molecule has 98 valence electrons. The molecule has 0 saturated carbocycles. The fraction of sp³-hybridized carbons (Fsp3) is 1.00. The van der Waals surface area contributed by atoms with Crippen LogP contribution in [0.25, 0.3) is 0 Å². The Morgan fingerprint density at radius 2 is 1.31 bits per heavy atom. The average Bonchev–Trinajstić information content (AvgIpc) is 2.26. The van der Waals surface area contributed by atoms with Gasteiger partial charge in [-0.1, -0.05) is 94.7 Å². The maximum Gasteiger partial charge on any atom is 0.0109 e. The second-order valence-corrected chi connectivity index (χ2v) is 6.88. The van der Waals surface area contributed by atoms with Crippen LogP contribution in [0.1, 0.15) is 85.0 Å². The topological polar surface area (TPSA) is 0 Å². The second kappa shape index (κ2) is 12.2. The summed E-state index contributed by atoms with van der Waals surface area (Å²) in [5, 5.41) is 0. The van der Waals surface area contributed by atoms with E-state index in [1.165, 1.54) is 64.2 Å². The largest absolute Gasteiger partial charge is 0.0826 e. The lowest BCUT2D eigenvalue weighted by molar-refractivity contribution is 0.386. The first kappa shape index (κ1) is 16.7. The predicted molar refractivity (Wildman–Crippen MR) is 84.5 cm³/mol. The van der Waals surface area contributed by atoms with Gasteiger partial charge in [0.2, 0.25) is 0 Å². The molecule has 0 saturated heterocycles. The molecule has 2 atom stereocenters. The van der Waals surface area contributed by atoms with Crippen molar-refractivity contribution in [2.45, 2.75) is 88.9 Å². The van der Waals surface area contributed by atoms with Gasteiger partial charge in [0, 0.05) is 3.92 Å². The van der Waals surface area contributed by atoms with E-state index in [4.69, 9.17) is 0 Å². The van der Waals surface area contributed by atoms with Crippen molar-refractivity contribution in [3.63, 3.8) is 0 Å². The molecule has 0 nitrogen and oxygen atoms in total. The number of halogens is 1. The van der Waals surface area contributed by atoms with Gasteiger partial charge in [-0.25, -0.2) is 0 Å². The van der Waals surface area contributed by atoms with Crippen LogP contribution in [0.2, 0.25) is 0 Å². The van der Waals surface area contributed by atoms with Crippen molar-refractivity contribution in [1.82, 2.24) is 0 Å². The van der Waals surface area contributed by atoms with Crippen LogP contribution >= 0.6 is 22.6 Å². The molecule has 0 N–H and O–H groups in total. The molecule has 0 rings (SSSR count). The summed E-state index contributed by atoms with van der Waals surface area (Å²) < 4.78 is 0.927. The molecule has 0 heterocycles. The average molecular weight is 338 g/mol. The van der Waals surface area contributed by atoms with Gasteiger partial charge >= 0.3 is 0 Å². The molecule has 0 aromatic rings. The molecule has 0 aliphatic rings. The summed E-state index contributed by atoms with van der Waals surface area (Å²) in [5.74, 6) is 1.02. The van der Waals surface area contributed by atoms with E-state index in [-0.39, 0.29) is 0 Å². The van der Waals surface area contributed by atoms with Gasteiger partial charge in [0.15, 0.2) is 0 Å². The molecule has 0 aliphatic heterocycles. The van der Waals surface area contributed by atoms with E-state index in [9.17, 15) is 0 Å². The third-order valence-corrected chi connectivity index (χ3v) is 4.64. The fourth-order valence-electron chi connectivity index (χ4n) is 2.42. The lowest BCUT2D eigenvalue weighted by Crippen LogP contribution is -2.03. The zero-order valence-electron chi connectivity index (χ0n) is 11.6. The molecule has 0 aliphatic carbocycles. The van der Waals surface area contributed by atoms with Crippen LogP contribution in [0.3, 0.4) is 0 Å². The van der Waals surface area contributed by atoms with Crippen LogP contribution in [-0.2, 0) is 0 Å². The van der Waals surface area contributed by atoms with Crippen LogP contribution in [0.4, 0.5) is 0 Å². The van der Waals surface area contributed by atoms with E-state index in [0.717, 1.165) is 9.84 Å². The van der Waals surface area contributed by atoms with Crippen LogP contribution < -0.4 is 0 Å². The quantitative estimate of drug-likeness (QED) is 0.303. The summed E-state index contributed by atoms with van der Waals surface area (Å²) in [6, 6.07) is 0. The summed E-state index contributed by atoms with van der Waals surface area (Å²) in [6.45, 7) is 6.94. The molecule has 0 aromatic heterocycles. The summed E-state index contributed by atoms with van der Waals surface area (Å²) in [6.07, 6.45) is 14.3. The lowest BCUT2D eigenvalue weighted by atomic mass is 9.91. The first-order chi connectivity index (χ1) is 7.74. The number of alkyl halides is 1. The van der Waals surface area contributed by atoms with Crippen LogP contribution in [0, 0.1) is 5.92 Å². The Morgan fingerprint density at radius 3 is 1.88 bits per heavy atom. The van der Waals surface area contributed by atoms with Crippen molar-refractivity contribution in [3.05, 3.63) is 0 Å². The molecule has 0 aromatic carbocycles. The zero-order valence-corrected chi connectivity index (χ0v) is 13.8. The third-order valence-electron chi connectivity index (χ3n) is 3.39. The molecule has 0 fully saturated rings. The Bertz CT molecular complexity index is 133. The van der Waals surface area contributed by atoms with E-state index < -0.39 is 0 Å². The van der Waals surface area contributed by atoms with Crippen molar-refractivity contribution in [1.29, 1.82) is 0 Å². The molecule has 0 amide bonds.